The number of halogens is 1. The minimum absolute atomic E-state index is 0.0575. The SMILES string of the molecule is CC[C@H](C)NC(=O)[C@H](C)N(Cc1ccc(F)cc1)C(=O)Cc1ccccc1[N+](=O)[O-]. The number of rotatable bonds is 9. The molecular weight excluding hydrogens is 389 g/mol. The summed E-state index contributed by atoms with van der Waals surface area (Å²) in [4.78, 5) is 37.9. The number of para-hydroxylation sites is 1. The number of benzene rings is 2. The maximum Gasteiger partial charge on any atom is 0.273 e. The molecule has 8 heteroatoms. The van der Waals surface area contributed by atoms with Crippen LogP contribution in [0.4, 0.5) is 10.1 Å². The molecule has 0 fully saturated rings. The number of carbonyl (C=O) groups excluding carboxylic acids is 2. The molecule has 0 aliphatic heterocycles. The van der Waals surface area contributed by atoms with Crippen LogP contribution in [0.15, 0.2) is 48.5 Å². The van der Waals surface area contributed by atoms with Crippen molar-refractivity contribution in [3.05, 3.63) is 75.6 Å². The van der Waals surface area contributed by atoms with E-state index in [-0.39, 0.29) is 36.2 Å². The zero-order valence-electron chi connectivity index (χ0n) is 17.3. The summed E-state index contributed by atoms with van der Waals surface area (Å²) >= 11 is 0. The largest absolute Gasteiger partial charge is 0.352 e. The maximum atomic E-state index is 13.3. The Labute approximate surface area is 175 Å². The molecule has 2 aromatic rings. The van der Waals surface area contributed by atoms with Gasteiger partial charge in [0.25, 0.3) is 5.69 Å². The molecule has 2 atom stereocenters. The van der Waals surface area contributed by atoms with E-state index in [9.17, 15) is 24.1 Å². The van der Waals surface area contributed by atoms with E-state index < -0.39 is 22.7 Å². The molecule has 0 saturated carbocycles. The van der Waals surface area contributed by atoms with E-state index in [0.717, 1.165) is 6.42 Å². The van der Waals surface area contributed by atoms with Crippen molar-refractivity contribution in [2.45, 2.75) is 52.2 Å². The molecule has 160 valence electrons. The molecule has 0 heterocycles. The Balaban J connectivity index is 2.29. The number of nitro groups is 1. The summed E-state index contributed by atoms with van der Waals surface area (Å²) in [6.45, 7) is 5.49. The number of carbonyl (C=O) groups is 2. The van der Waals surface area contributed by atoms with E-state index in [1.54, 1.807) is 25.1 Å². The summed E-state index contributed by atoms with van der Waals surface area (Å²) in [7, 11) is 0. The molecule has 0 aliphatic carbocycles. The Kier molecular flexibility index (Phi) is 8.03. The minimum Gasteiger partial charge on any atom is -0.352 e. The highest BCUT2D eigenvalue weighted by Gasteiger charge is 2.28. The van der Waals surface area contributed by atoms with Crippen molar-refractivity contribution in [3.8, 4) is 0 Å². The topological polar surface area (TPSA) is 92.6 Å². The quantitative estimate of drug-likeness (QED) is 0.500. The monoisotopic (exact) mass is 415 g/mol. The minimum atomic E-state index is -0.806. The predicted octanol–water partition coefficient (Wildman–Crippen LogP) is 3.61. The molecular formula is C22H26FN3O4. The molecule has 0 saturated heterocycles. The second-order valence-electron chi connectivity index (χ2n) is 7.20. The molecule has 0 unspecified atom stereocenters. The Hall–Kier alpha value is -3.29. The van der Waals surface area contributed by atoms with Crippen LogP contribution < -0.4 is 5.32 Å². The van der Waals surface area contributed by atoms with Crippen LogP contribution in [0.3, 0.4) is 0 Å². The number of amides is 2. The molecule has 0 aromatic heterocycles. The van der Waals surface area contributed by atoms with Gasteiger partial charge in [0, 0.05) is 24.2 Å². The lowest BCUT2D eigenvalue weighted by Gasteiger charge is -2.29. The van der Waals surface area contributed by atoms with Gasteiger partial charge in [0.1, 0.15) is 11.9 Å². The molecule has 7 nitrogen and oxygen atoms in total. The fourth-order valence-electron chi connectivity index (χ4n) is 2.94. The molecule has 0 spiro atoms. The van der Waals surface area contributed by atoms with Crippen LogP contribution in [-0.4, -0.2) is 33.7 Å². The lowest BCUT2D eigenvalue weighted by atomic mass is 10.1. The van der Waals surface area contributed by atoms with E-state index >= 15 is 0 Å². The number of nitrogens with zero attached hydrogens (tertiary/aromatic N) is 2. The first kappa shape index (κ1) is 23.0. The molecule has 2 aromatic carbocycles. The molecule has 0 radical (unpaired) electrons. The van der Waals surface area contributed by atoms with Crippen LogP contribution in [0, 0.1) is 15.9 Å². The number of nitrogens with one attached hydrogen (secondary N) is 1. The van der Waals surface area contributed by atoms with Gasteiger partial charge in [-0.25, -0.2) is 4.39 Å². The van der Waals surface area contributed by atoms with Gasteiger partial charge in [-0.3, -0.25) is 19.7 Å². The first-order chi connectivity index (χ1) is 14.2. The Morgan fingerprint density at radius 3 is 2.37 bits per heavy atom. The van der Waals surface area contributed by atoms with Crippen molar-refractivity contribution in [2.24, 2.45) is 0 Å². The predicted molar refractivity (Wildman–Crippen MR) is 111 cm³/mol. The van der Waals surface area contributed by atoms with Crippen molar-refractivity contribution in [1.29, 1.82) is 0 Å². The van der Waals surface area contributed by atoms with Crippen molar-refractivity contribution < 1.29 is 18.9 Å². The van der Waals surface area contributed by atoms with Gasteiger partial charge in [-0.05, 0) is 38.0 Å². The first-order valence-corrected chi connectivity index (χ1v) is 9.79. The fourth-order valence-corrected chi connectivity index (χ4v) is 2.94. The first-order valence-electron chi connectivity index (χ1n) is 9.79. The van der Waals surface area contributed by atoms with E-state index in [1.807, 2.05) is 13.8 Å². The summed E-state index contributed by atoms with van der Waals surface area (Å²) in [5.41, 5.74) is 0.769. The molecule has 1 N–H and O–H groups in total. The van der Waals surface area contributed by atoms with Crippen LogP contribution in [-0.2, 0) is 22.6 Å². The average Bonchev–Trinajstić information content (AvgIpc) is 2.72. The van der Waals surface area contributed by atoms with Gasteiger partial charge in [0.15, 0.2) is 0 Å². The Bertz CT molecular complexity index is 902. The summed E-state index contributed by atoms with van der Waals surface area (Å²) < 4.78 is 13.3. The van der Waals surface area contributed by atoms with Gasteiger partial charge in [-0.1, -0.05) is 37.3 Å². The summed E-state index contributed by atoms with van der Waals surface area (Å²) in [6, 6.07) is 10.8. The number of hydrogen-bond acceptors (Lipinski definition) is 4. The summed E-state index contributed by atoms with van der Waals surface area (Å²) in [5.74, 6) is -1.15. The van der Waals surface area contributed by atoms with Gasteiger partial charge in [0.2, 0.25) is 11.8 Å². The van der Waals surface area contributed by atoms with E-state index in [0.29, 0.717) is 5.56 Å². The lowest BCUT2D eigenvalue weighted by Crippen LogP contribution is -2.49. The van der Waals surface area contributed by atoms with Crippen LogP contribution in [0.25, 0.3) is 0 Å². The van der Waals surface area contributed by atoms with Crippen LogP contribution in [0.5, 0.6) is 0 Å². The molecule has 30 heavy (non-hydrogen) atoms. The second kappa shape index (κ2) is 10.5. The third-order valence-corrected chi connectivity index (χ3v) is 4.96. The lowest BCUT2D eigenvalue weighted by molar-refractivity contribution is -0.385. The summed E-state index contributed by atoms with van der Waals surface area (Å²) in [6.07, 6.45) is 0.514. The molecule has 0 bridgehead atoms. The van der Waals surface area contributed by atoms with E-state index in [1.165, 1.54) is 35.2 Å². The highest BCUT2D eigenvalue weighted by atomic mass is 19.1. The smallest absolute Gasteiger partial charge is 0.273 e. The van der Waals surface area contributed by atoms with Gasteiger partial charge in [-0.15, -0.1) is 0 Å². The fraction of sp³-hybridized carbons (Fsp3) is 0.364. The Morgan fingerprint density at radius 1 is 1.13 bits per heavy atom. The number of hydrogen-bond donors (Lipinski definition) is 1. The van der Waals surface area contributed by atoms with Gasteiger partial charge >= 0.3 is 0 Å². The molecule has 0 aliphatic rings. The van der Waals surface area contributed by atoms with Gasteiger partial charge in [0.05, 0.1) is 11.3 Å². The molecule has 2 rings (SSSR count). The van der Waals surface area contributed by atoms with Crippen molar-refractivity contribution in [2.75, 3.05) is 0 Å². The molecule has 2 amide bonds. The van der Waals surface area contributed by atoms with Crippen molar-refractivity contribution in [1.82, 2.24) is 10.2 Å². The summed E-state index contributed by atoms with van der Waals surface area (Å²) in [5, 5.41) is 14.1. The standard InChI is InChI=1S/C22H26FN3O4/c1-4-15(2)24-22(28)16(3)25(14-17-9-11-19(23)12-10-17)21(27)13-18-7-5-6-8-20(18)26(29)30/h5-12,15-16H,4,13-14H2,1-3H3,(H,24,28)/t15-,16-/m0/s1. The highest BCUT2D eigenvalue weighted by molar-refractivity contribution is 5.88. The number of nitro benzene ring substituents is 1. The van der Waals surface area contributed by atoms with Crippen molar-refractivity contribution in [3.63, 3.8) is 0 Å². The zero-order chi connectivity index (χ0) is 22.3. The van der Waals surface area contributed by atoms with Gasteiger partial charge < -0.3 is 10.2 Å². The zero-order valence-corrected chi connectivity index (χ0v) is 17.3. The van der Waals surface area contributed by atoms with E-state index in [2.05, 4.69) is 5.32 Å². The highest BCUT2D eigenvalue weighted by Crippen LogP contribution is 2.20. The normalized spacial score (nSPS) is 12.7. The van der Waals surface area contributed by atoms with Crippen LogP contribution in [0.1, 0.15) is 38.3 Å². The van der Waals surface area contributed by atoms with Crippen LogP contribution in [0.2, 0.25) is 0 Å². The third kappa shape index (κ3) is 6.10. The van der Waals surface area contributed by atoms with Crippen LogP contribution >= 0.6 is 0 Å². The van der Waals surface area contributed by atoms with Gasteiger partial charge in [-0.2, -0.15) is 0 Å². The average molecular weight is 415 g/mol. The van der Waals surface area contributed by atoms with Crippen molar-refractivity contribution >= 4 is 17.5 Å². The van der Waals surface area contributed by atoms with E-state index in [4.69, 9.17) is 0 Å². The third-order valence-electron chi connectivity index (χ3n) is 4.96. The Morgan fingerprint density at radius 2 is 1.77 bits per heavy atom. The second-order valence-corrected chi connectivity index (χ2v) is 7.20. The maximum absolute atomic E-state index is 13.3.